The van der Waals surface area contributed by atoms with Crippen molar-refractivity contribution in [1.82, 2.24) is 10.0 Å². The Morgan fingerprint density at radius 3 is 2.13 bits per heavy atom. The summed E-state index contributed by atoms with van der Waals surface area (Å²) >= 11 is 0. The number of hydrogen-bond acceptors (Lipinski definition) is 5. The van der Waals surface area contributed by atoms with Crippen molar-refractivity contribution in [2.24, 2.45) is 0 Å². The van der Waals surface area contributed by atoms with E-state index in [1.165, 1.54) is 24.3 Å². The molecule has 0 atom stereocenters. The molecule has 10 heteroatoms. The summed E-state index contributed by atoms with van der Waals surface area (Å²) in [6, 6.07) is 5.63. The van der Waals surface area contributed by atoms with Crippen molar-refractivity contribution in [2.45, 2.75) is 24.7 Å². The molecule has 23 heavy (non-hydrogen) atoms. The third kappa shape index (κ3) is 7.98. The molecule has 0 amide bonds. The summed E-state index contributed by atoms with van der Waals surface area (Å²) in [5.41, 5.74) is 0.352. The Morgan fingerprint density at radius 2 is 1.61 bits per heavy atom. The molecule has 0 spiro atoms. The first-order valence-corrected chi connectivity index (χ1v) is 10.2. The van der Waals surface area contributed by atoms with Crippen LogP contribution in [0.5, 0.6) is 0 Å². The number of sulfonamides is 2. The van der Waals surface area contributed by atoms with Gasteiger partial charge in [0.25, 0.3) is 0 Å². The van der Waals surface area contributed by atoms with Crippen molar-refractivity contribution in [3.05, 3.63) is 24.3 Å². The van der Waals surface area contributed by atoms with Gasteiger partial charge in [0.05, 0.1) is 10.6 Å². The number of halogens is 1. The minimum Gasteiger partial charge on any atom is -0.318 e. The number of likely N-dealkylation sites (N-methyl/N-ethyl adjacent to an activating group) is 1. The largest absolute Gasteiger partial charge is 0.318 e. The zero-order chi connectivity index (χ0) is 16.6. The van der Waals surface area contributed by atoms with E-state index in [0.29, 0.717) is 18.7 Å². The first-order valence-electron chi connectivity index (χ1n) is 7.05. The maximum Gasteiger partial charge on any atom is 0.240 e. The van der Waals surface area contributed by atoms with Gasteiger partial charge in [0, 0.05) is 18.8 Å². The zero-order valence-corrected chi connectivity index (χ0v) is 15.7. The topological polar surface area (TPSA) is 104 Å². The average Bonchev–Trinajstić information content (AvgIpc) is 2.45. The van der Waals surface area contributed by atoms with Gasteiger partial charge >= 0.3 is 0 Å². The van der Waals surface area contributed by atoms with Crippen LogP contribution in [-0.2, 0) is 20.0 Å². The predicted octanol–water partition coefficient (Wildman–Crippen LogP) is 1.15. The average molecular weight is 386 g/mol. The molecule has 1 aromatic rings. The Balaban J connectivity index is 0.00000484. The van der Waals surface area contributed by atoms with Gasteiger partial charge in [-0.05, 0) is 37.7 Å². The second-order valence-electron chi connectivity index (χ2n) is 4.80. The Hall–Kier alpha value is -0.870. The molecule has 0 aliphatic carbocycles. The highest BCUT2D eigenvalue weighted by atomic mass is 35.5. The number of benzene rings is 1. The van der Waals surface area contributed by atoms with E-state index >= 15 is 0 Å². The van der Waals surface area contributed by atoms with Crippen molar-refractivity contribution in [1.29, 1.82) is 0 Å². The minimum atomic E-state index is -3.57. The molecule has 0 bridgehead atoms. The third-order valence-corrected chi connectivity index (χ3v) is 5.72. The van der Waals surface area contributed by atoms with Gasteiger partial charge in [-0.25, -0.2) is 21.6 Å². The van der Waals surface area contributed by atoms with Gasteiger partial charge in [-0.1, -0.05) is 13.3 Å². The first kappa shape index (κ1) is 22.1. The molecule has 0 aliphatic heterocycles. The van der Waals surface area contributed by atoms with E-state index in [2.05, 4.69) is 14.8 Å². The lowest BCUT2D eigenvalue weighted by Gasteiger charge is -2.09. The second-order valence-corrected chi connectivity index (χ2v) is 8.41. The van der Waals surface area contributed by atoms with E-state index in [1.807, 2.05) is 6.92 Å². The summed E-state index contributed by atoms with van der Waals surface area (Å²) in [4.78, 5) is 0.0973. The molecule has 0 saturated carbocycles. The quantitative estimate of drug-likeness (QED) is 0.524. The van der Waals surface area contributed by atoms with E-state index in [-0.39, 0.29) is 29.6 Å². The van der Waals surface area contributed by atoms with E-state index in [0.717, 1.165) is 6.42 Å². The Kier molecular flexibility index (Phi) is 9.71. The van der Waals surface area contributed by atoms with Gasteiger partial charge in [-0.2, -0.15) is 0 Å². The van der Waals surface area contributed by atoms with E-state index in [1.54, 1.807) is 7.05 Å². The Bertz CT molecular complexity index is 661. The van der Waals surface area contributed by atoms with Crippen molar-refractivity contribution in [3.63, 3.8) is 0 Å². The number of rotatable bonds is 10. The Labute approximate surface area is 144 Å². The van der Waals surface area contributed by atoms with Gasteiger partial charge in [-0.3, -0.25) is 4.72 Å². The van der Waals surface area contributed by atoms with Gasteiger partial charge in [-0.15, -0.1) is 12.4 Å². The van der Waals surface area contributed by atoms with Crippen LogP contribution in [0.25, 0.3) is 0 Å². The standard InChI is InChI=1S/C13H23N3O4S2.ClH/c1-3-4-11-21(17,18)16-12-5-7-13(8-6-12)22(19,20)15-10-9-14-2;/h5-8,14-16H,3-4,9-11H2,1-2H3;1H. The molecule has 3 N–H and O–H groups in total. The summed E-state index contributed by atoms with van der Waals surface area (Å²) < 4.78 is 52.3. The minimum absolute atomic E-state index is 0. The van der Waals surface area contributed by atoms with Crippen molar-refractivity contribution in [3.8, 4) is 0 Å². The lowest BCUT2D eigenvalue weighted by atomic mass is 10.3. The van der Waals surface area contributed by atoms with Crippen LogP contribution in [0.4, 0.5) is 5.69 Å². The molecule has 1 rings (SSSR count). The van der Waals surface area contributed by atoms with Crippen LogP contribution >= 0.6 is 12.4 Å². The van der Waals surface area contributed by atoms with Crippen LogP contribution in [0.3, 0.4) is 0 Å². The van der Waals surface area contributed by atoms with Gasteiger partial charge in [0.15, 0.2) is 0 Å². The SMILES string of the molecule is CCCCS(=O)(=O)Nc1ccc(S(=O)(=O)NCCNC)cc1.Cl. The van der Waals surface area contributed by atoms with Crippen molar-refractivity contribution >= 4 is 38.1 Å². The molecular weight excluding hydrogens is 362 g/mol. The van der Waals surface area contributed by atoms with Gasteiger partial charge in [0.1, 0.15) is 0 Å². The summed E-state index contributed by atoms with van der Waals surface area (Å²) in [7, 11) is -5.23. The maximum absolute atomic E-state index is 12.0. The van der Waals surface area contributed by atoms with Crippen molar-refractivity contribution < 1.29 is 16.8 Å². The normalized spacial score (nSPS) is 11.7. The summed E-state index contributed by atoms with van der Waals surface area (Å²) in [6.07, 6.45) is 1.37. The van der Waals surface area contributed by atoms with Crippen LogP contribution in [-0.4, -0.2) is 42.7 Å². The lowest BCUT2D eigenvalue weighted by Crippen LogP contribution is -2.30. The lowest BCUT2D eigenvalue weighted by molar-refractivity contribution is 0.579. The molecule has 0 unspecified atom stereocenters. The zero-order valence-electron chi connectivity index (χ0n) is 13.2. The maximum atomic E-state index is 12.0. The number of hydrogen-bond donors (Lipinski definition) is 3. The van der Waals surface area contributed by atoms with Crippen LogP contribution in [0.15, 0.2) is 29.2 Å². The molecule has 7 nitrogen and oxygen atoms in total. The van der Waals surface area contributed by atoms with Gasteiger partial charge in [0.2, 0.25) is 20.0 Å². The number of nitrogens with one attached hydrogen (secondary N) is 3. The summed E-state index contributed by atoms with van der Waals surface area (Å²) in [5.74, 6) is 0.0507. The van der Waals surface area contributed by atoms with Crippen LogP contribution in [0.1, 0.15) is 19.8 Å². The highest BCUT2D eigenvalue weighted by Gasteiger charge is 2.14. The fourth-order valence-corrected chi connectivity index (χ4v) is 3.96. The highest BCUT2D eigenvalue weighted by molar-refractivity contribution is 7.92. The first-order chi connectivity index (χ1) is 10.3. The molecule has 0 radical (unpaired) electrons. The van der Waals surface area contributed by atoms with Gasteiger partial charge < -0.3 is 5.32 Å². The molecule has 1 aromatic carbocycles. The molecule has 0 saturated heterocycles. The van der Waals surface area contributed by atoms with E-state index < -0.39 is 20.0 Å². The highest BCUT2D eigenvalue weighted by Crippen LogP contribution is 2.15. The molecule has 0 fully saturated rings. The predicted molar refractivity (Wildman–Crippen MR) is 95.1 cm³/mol. The van der Waals surface area contributed by atoms with Crippen LogP contribution < -0.4 is 14.8 Å². The summed E-state index contributed by atoms with van der Waals surface area (Å²) in [5, 5.41) is 2.84. The molecule has 0 heterocycles. The monoisotopic (exact) mass is 385 g/mol. The summed E-state index contributed by atoms with van der Waals surface area (Å²) in [6.45, 7) is 2.72. The van der Waals surface area contributed by atoms with E-state index in [9.17, 15) is 16.8 Å². The van der Waals surface area contributed by atoms with E-state index in [4.69, 9.17) is 0 Å². The Morgan fingerprint density at radius 1 is 1.00 bits per heavy atom. The van der Waals surface area contributed by atoms with Crippen LogP contribution in [0.2, 0.25) is 0 Å². The smallest absolute Gasteiger partial charge is 0.240 e. The third-order valence-electron chi connectivity index (χ3n) is 2.87. The number of unbranched alkanes of at least 4 members (excludes halogenated alkanes) is 1. The molecule has 0 aliphatic rings. The number of anilines is 1. The molecule has 134 valence electrons. The second kappa shape index (κ2) is 10.1. The molecular formula is C13H24ClN3O4S2. The fraction of sp³-hybridized carbons (Fsp3) is 0.538. The molecule has 0 aromatic heterocycles. The van der Waals surface area contributed by atoms with Crippen LogP contribution in [0, 0.1) is 0 Å². The fourth-order valence-electron chi connectivity index (χ4n) is 1.66. The van der Waals surface area contributed by atoms with Crippen molar-refractivity contribution in [2.75, 3.05) is 30.6 Å².